The normalized spacial score (nSPS) is 10.6. The summed E-state index contributed by atoms with van der Waals surface area (Å²) in [4.78, 5) is 4.25. The number of nitrogens with one attached hydrogen (secondary N) is 1. The fourth-order valence-electron chi connectivity index (χ4n) is 1.52. The Bertz CT molecular complexity index is 537. The van der Waals surface area contributed by atoms with Gasteiger partial charge < -0.3 is 9.88 Å². The minimum absolute atomic E-state index is 0.668. The molecular weight excluding hydrogens is 302 g/mol. The maximum atomic E-state index is 6.10. The first-order valence-corrected chi connectivity index (χ1v) is 6.40. The van der Waals surface area contributed by atoms with Gasteiger partial charge in [-0.25, -0.2) is 4.98 Å². The SMILES string of the molecule is Cc1cc(Br)c(NCc2nccn2C)cc1Cl. The van der Waals surface area contributed by atoms with Crippen LogP contribution in [0.1, 0.15) is 11.4 Å². The second kappa shape index (κ2) is 5.10. The highest BCUT2D eigenvalue weighted by atomic mass is 79.9. The average Bonchev–Trinajstić information content (AvgIpc) is 2.68. The van der Waals surface area contributed by atoms with Gasteiger partial charge in [-0.1, -0.05) is 11.6 Å². The second-order valence-corrected chi connectivity index (χ2v) is 5.15. The van der Waals surface area contributed by atoms with Crippen LogP contribution in [0.4, 0.5) is 5.69 Å². The Balaban J connectivity index is 2.14. The van der Waals surface area contributed by atoms with E-state index in [0.717, 1.165) is 26.6 Å². The molecule has 0 unspecified atom stereocenters. The first-order chi connectivity index (χ1) is 8.08. The maximum absolute atomic E-state index is 6.10. The Morgan fingerprint density at radius 3 is 2.88 bits per heavy atom. The number of aryl methyl sites for hydroxylation is 2. The van der Waals surface area contributed by atoms with Crippen LogP contribution in [0.2, 0.25) is 5.02 Å². The molecule has 0 radical (unpaired) electrons. The van der Waals surface area contributed by atoms with Crippen LogP contribution in [0.15, 0.2) is 29.0 Å². The Kier molecular flexibility index (Phi) is 3.74. The molecule has 3 nitrogen and oxygen atoms in total. The predicted molar refractivity (Wildman–Crippen MR) is 74.4 cm³/mol. The zero-order chi connectivity index (χ0) is 12.4. The van der Waals surface area contributed by atoms with Crippen molar-refractivity contribution in [1.82, 2.24) is 9.55 Å². The number of halogens is 2. The first kappa shape index (κ1) is 12.5. The minimum Gasteiger partial charge on any atom is -0.377 e. The van der Waals surface area contributed by atoms with Gasteiger partial charge in [0, 0.05) is 28.9 Å². The molecule has 0 atom stereocenters. The topological polar surface area (TPSA) is 29.9 Å². The van der Waals surface area contributed by atoms with Crippen molar-refractivity contribution in [1.29, 1.82) is 0 Å². The van der Waals surface area contributed by atoms with E-state index < -0.39 is 0 Å². The van der Waals surface area contributed by atoms with Crippen molar-refractivity contribution in [2.45, 2.75) is 13.5 Å². The summed E-state index contributed by atoms with van der Waals surface area (Å²) in [7, 11) is 1.97. The Morgan fingerprint density at radius 2 is 2.24 bits per heavy atom. The molecule has 1 aromatic carbocycles. The summed E-state index contributed by atoms with van der Waals surface area (Å²) >= 11 is 9.61. The monoisotopic (exact) mass is 313 g/mol. The van der Waals surface area contributed by atoms with Crippen LogP contribution in [0, 0.1) is 6.92 Å². The second-order valence-electron chi connectivity index (χ2n) is 3.89. The summed E-state index contributed by atoms with van der Waals surface area (Å²) in [6.07, 6.45) is 3.71. The van der Waals surface area contributed by atoms with Crippen molar-refractivity contribution in [3.05, 3.63) is 45.4 Å². The number of hydrogen-bond donors (Lipinski definition) is 1. The summed E-state index contributed by atoms with van der Waals surface area (Å²) in [5, 5.41) is 4.07. The van der Waals surface area contributed by atoms with Crippen LogP contribution in [0.5, 0.6) is 0 Å². The van der Waals surface area contributed by atoms with E-state index in [1.54, 1.807) is 6.20 Å². The molecule has 0 fully saturated rings. The molecule has 0 bridgehead atoms. The molecule has 0 aliphatic carbocycles. The van der Waals surface area contributed by atoms with Gasteiger partial charge in [-0.05, 0) is 40.5 Å². The zero-order valence-electron chi connectivity index (χ0n) is 9.67. The lowest BCUT2D eigenvalue weighted by Gasteiger charge is -2.10. The van der Waals surface area contributed by atoms with Crippen LogP contribution < -0.4 is 5.32 Å². The van der Waals surface area contributed by atoms with Crippen molar-refractivity contribution in [2.24, 2.45) is 7.05 Å². The molecule has 0 aliphatic rings. The van der Waals surface area contributed by atoms with E-state index in [1.807, 2.05) is 36.9 Å². The third-order valence-corrected chi connectivity index (χ3v) is 3.67. The summed E-state index contributed by atoms with van der Waals surface area (Å²) < 4.78 is 2.99. The molecule has 5 heteroatoms. The third kappa shape index (κ3) is 2.82. The van der Waals surface area contributed by atoms with E-state index >= 15 is 0 Å². The van der Waals surface area contributed by atoms with Crippen molar-refractivity contribution < 1.29 is 0 Å². The van der Waals surface area contributed by atoms with Gasteiger partial charge in [-0.3, -0.25) is 0 Å². The molecular formula is C12H13BrClN3. The molecule has 0 saturated carbocycles. The van der Waals surface area contributed by atoms with Crippen molar-refractivity contribution >= 4 is 33.2 Å². The van der Waals surface area contributed by atoms with Gasteiger partial charge in [0.1, 0.15) is 5.82 Å². The van der Waals surface area contributed by atoms with Crippen LogP contribution in [-0.4, -0.2) is 9.55 Å². The molecule has 2 aromatic rings. The molecule has 17 heavy (non-hydrogen) atoms. The van der Waals surface area contributed by atoms with Gasteiger partial charge in [0.25, 0.3) is 0 Å². The van der Waals surface area contributed by atoms with E-state index in [0.29, 0.717) is 6.54 Å². The van der Waals surface area contributed by atoms with Crippen molar-refractivity contribution in [3.63, 3.8) is 0 Å². The smallest absolute Gasteiger partial charge is 0.127 e. The van der Waals surface area contributed by atoms with E-state index in [9.17, 15) is 0 Å². The van der Waals surface area contributed by atoms with Crippen LogP contribution in [-0.2, 0) is 13.6 Å². The standard InChI is InChI=1S/C12H13BrClN3/c1-8-5-9(13)11(6-10(8)14)16-7-12-15-3-4-17(12)2/h3-6,16H,7H2,1-2H3. The van der Waals surface area contributed by atoms with Gasteiger partial charge in [0.15, 0.2) is 0 Å². The highest BCUT2D eigenvalue weighted by molar-refractivity contribution is 9.10. The Hall–Kier alpha value is -1.00. The van der Waals surface area contributed by atoms with E-state index in [4.69, 9.17) is 11.6 Å². The fourth-order valence-corrected chi connectivity index (χ4v) is 2.28. The number of benzene rings is 1. The average molecular weight is 315 g/mol. The molecule has 1 heterocycles. The molecule has 1 aromatic heterocycles. The van der Waals surface area contributed by atoms with Gasteiger partial charge in [0.2, 0.25) is 0 Å². The summed E-state index contributed by atoms with van der Waals surface area (Å²) in [5.74, 6) is 0.980. The van der Waals surface area contributed by atoms with Crippen LogP contribution in [0.3, 0.4) is 0 Å². The maximum Gasteiger partial charge on any atom is 0.127 e. The van der Waals surface area contributed by atoms with E-state index in [1.165, 1.54) is 0 Å². The Morgan fingerprint density at radius 1 is 1.47 bits per heavy atom. The number of rotatable bonds is 3. The molecule has 0 spiro atoms. The lowest BCUT2D eigenvalue weighted by molar-refractivity contribution is 0.812. The Labute approximate surface area is 114 Å². The van der Waals surface area contributed by atoms with Gasteiger partial charge in [-0.15, -0.1) is 0 Å². The highest BCUT2D eigenvalue weighted by Crippen LogP contribution is 2.29. The van der Waals surface area contributed by atoms with Gasteiger partial charge in [-0.2, -0.15) is 0 Å². The van der Waals surface area contributed by atoms with Gasteiger partial charge in [0.05, 0.1) is 12.2 Å². The molecule has 0 aliphatic heterocycles. The molecule has 1 N–H and O–H groups in total. The van der Waals surface area contributed by atoms with E-state index in [2.05, 4.69) is 26.2 Å². The largest absolute Gasteiger partial charge is 0.377 e. The number of aromatic nitrogens is 2. The number of anilines is 1. The fraction of sp³-hybridized carbons (Fsp3) is 0.250. The number of imidazole rings is 1. The number of nitrogens with zero attached hydrogens (tertiary/aromatic N) is 2. The quantitative estimate of drug-likeness (QED) is 0.935. The summed E-state index contributed by atoms with van der Waals surface area (Å²) in [5.41, 5.74) is 2.03. The van der Waals surface area contributed by atoms with Gasteiger partial charge >= 0.3 is 0 Å². The molecule has 90 valence electrons. The van der Waals surface area contributed by atoms with Crippen LogP contribution >= 0.6 is 27.5 Å². The highest BCUT2D eigenvalue weighted by Gasteiger charge is 2.05. The third-order valence-electron chi connectivity index (χ3n) is 2.61. The molecule has 0 amide bonds. The molecule has 0 saturated heterocycles. The lowest BCUT2D eigenvalue weighted by Crippen LogP contribution is -2.06. The minimum atomic E-state index is 0.668. The first-order valence-electron chi connectivity index (χ1n) is 5.23. The van der Waals surface area contributed by atoms with Crippen molar-refractivity contribution in [2.75, 3.05) is 5.32 Å². The number of hydrogen-bond acceptors (Lipinski definition) is 2. The lowest BCUT2D eigenvalue weighted by atomic mass is 10.2. The predicted octanol–water partition coefficient (Wildman–Crippen LogP) is 3.76. The van der Waals surface area contributed by atoms with Crippen molar-refractivity contribution in [3.8, 4) is 0 Å². The van der Waals surface area contributed by atoms with Crippen LogP contribution in [0.25, 0.3) is 0 Å². The summed E-state index contributed by atoms with van der Waals surface area (Å²) in [6, 6.07) is 3.92. The zero-order valence-corrected chi connectivity index (χ0v) is 12.0. The van der Waals surface area contributed by atoms with E-state index in [-0.39, 0.29) is 0 Å². The molecule has 2 rings (SSSR count). The summed E-state index contributed by atoms with van der Waals surface area (Å²) in [6.45, 7) is 2.65.